The van der Waals surface area contributed by atoms with Gasteiger partial charge in [-0.3, -0.25) is 5.32 Å². The quantitative estimate of drug-likeness (QED) is 0.665. The van der Waals surface area contributed by atoms with Gasteiger partial charge in [-0.05, 0) is 12.8 Å². The normalized spacial score (nSPS) is 8.91. The molecule has 0 aromatic carbocycles. The van der Waals surface area contributed by atoms with Crippen LogP contribution in [-0.2, 0) is 4.74 Å². The molecular formula is C7H13NO2S. The number of rotatable bonds is 3. The van der Waals surface area contributed by atoms with Crippen molar-refractivity contribution in [3.8, 4) is 0 Å². The largest absolute Gasteiger partial charge is 0.453 e. The van der Waals surface area contributed by atoms with E-state index in [1.807, 2.05) is 0 Å². The van der Waals surface area contributed by atoms with Crippen molar-refractivity contribution in [3.63, 3.8) is 0 Å². The van der Waals surface area contributed by atoms with Crippen LogP contribution in [0.4, 0.5) is 4.79 Å². The van der Waals surface area contributed by atoms with Gasteiger partial charge in [-0.15, -0.1) is 0 Å². The van der Waals surface area contributed by atoms with E-state index in [1.165, 1.54) is 7.11 Å². The summed E-state index contributed by atoms with van der Waals surface area (Å²) in [4.78, 5) is 11.1. The van der Waals surface area contributed by atoms with Crippen LogP contribution >= 0.6 is 12.2 Å². The Bertz CT molecular complexity index is 147. The minimum atomic E-state index is -0.480. The van der Waals surface area contributed by atoms with Gasteiger partial charge < -0.3 is 4.74 Å². The molecular weight excluding hydrogens is 162 g/mol. The summed E-state index contributed by atoms with van der Waals surface area (Å²) in [5.74, 6) is 0. The molecule has 0 aliphatic carbocycles. The van der Waals surface area contributed by atoms with Crippen LogP contribution in [-0.4, -0.2) is 18.2 Å². The van der Waals surface area contributed by atoms with Gasteiger partial charge in [0.05, 0.1) is 12.1 Å². The zero-order chi connectivity index (χ0) is 8.69. The number of thiocarbonyl (C=S) groups is 1. The van der Waals surface area contributed by atoms with Gasteiger partial charge in [0.25, 0.3) is 0 Å². The number of ether oxygens (including phenoxy) is 1. The minimum absolute atomic E-state index is 0.480. The van der Waals surface area contributed by atoms with E-state index in [0.717, 1.165) is 19.3 Å². The van der Waals surface area contributed by atoms with E-state index in [-0.39, 0.29) is 0 Å². The summed E-state index contributed by atoms with van der Waals surface area (Å²) in [7, 11) is 1.32. The number of alkyl carbamates (subject to hydrolysis) is 1. The summed E-state index contributed by atoms with van der Waals surface area (Å²) in [5.41, 5.74) is 0. The van der Waals surface area contributed by atoms with Crippen molar-refractivity contribution in [2.45, 2.75) is 26.2 Å². The van der Waals surface area contributed by atoms with E-state index in [4.69, 9.17) is 12.2 Å². The molecule has 0 heterocycles. The van der Waals surface area contributed by atoms with Crippen molar-refractivity contribution in [2.24, 2.45) is 0 Å². The molecule has 64 valence electrons. The first-order chi connectivity index (χ1) is 5.20. The second-order valence-corrected chi connectivity index (χ2v) is 2.64. The summed E-state index contributed by atoms with van der Waals surface area (Å²) in [6.07, 6.45) is 2.35. The van der Waals surface area contributed by atoms with Crippen LogP contribution in [0.25, 0.3) is 0 Å². The van der Waals surface area contributed by atoms with Crippen molar-refractivity contribution in [1.82, 2.24) is 5.32 Å². The lowest BCUT2D eigenvalue weighted by Crippen LogP contribution is -2.28. The third-order valence-electron chi connectivity index (χ3n) is 1.18. The van der Waals surface area contributed by atoms with Gasteiger partial charge in [0, 0.05) is 0 Å². The fourth-order valence-corrected chi connectivity index (χ4v) is 0.792. The zero-order valence-corrected chi connectivity index (χ0v) is 7.66. The maximum absolute atomic E-state index is 10.6. The fourth-order valence-electron chi connectivity index (χ4n) is 0.565. The molecule has 0 atom stereocenters. The molecule has 0 rings (SSSR count). The smallest absolute Gasteiger partial charge is 0.411 e. The zero-order valence-electron chi connectivity index (χ0n) is 6.85. The minimum Gasteiger partial charge on any atom is -0.453 e. The lowest BCUT2D eigenvalue weighted by atomic mass is 10.2. The Morgan fingerprint density at radius 3 is 2.73 bits per heavy atom. The Morgan fingerprint density at radius 2 is 2.27 bits per heavy atom. The molecule has 0 saturated carbocycles. The average Bonchev–Trinajstić information content (AvgIpc) is 2.00. The molecule has 0 bridgehead atoms. The topological polar surface area (TPSA) is 38.3 Å². The SMILES string of the molecule is CCCCC(=S)NC(=O)OC. The molecule has 11 heavy (non-hydrogen) atoms. The first-order valence-corrected chi connectivity index (χ1v) is 3.99. The number of carbonyl (C=O) groups is 1. The molecule has 1 amide bonds. The molecule has 3 nitrogen and oxygen atoms in total. The Balaban J connectivity index is 3.44. The molecule has 0 aliphatic rings. The Labute approximate surface area is 72.1 Å². The highest BCUT2D eigenvalue weighted by Gasteiger charge is 2.01. The van der Waals surface area contributed by atoms with Gasteiger partial charge in [-0.1, -0.05) is 25.6 Å². The standard InChI is InChI=1S/C7H13NO2S/c1-3-4-5-6(11)8-7(9)10-2/h3-5H2,1-2H3,(H,8,9,11). The summed E-state index contributed by atoms with van der Waals surface area (Å²) >= 11 is 4.85. The van der Waals surface area contributed by atoms with Gasteiger partial charge in [0.15, 0.2) is 0 Å². The number of nitrogens with one attached hydrogen (secondary N) is 1. The highest BCUT2D eigenvalue weighted by Crippen LogP contribution is 1.94. The second kappa shape index (κ2) is 6.09. The number of hydrogen-bond acceptors (Lipinski definition) is 3. The molecule has 0 saturated heterocycles. The molecule has 0 aliphatic heterocycles. The summed E-state index contributed by atoms with van der Waals surface area (Å²) in [6.45, 7) is 2.07. The van der Waals surface area contributed by atoms with Gasteiger partial charge in [0.2, 0.25) is 0 Å². The number of carbonyl (C=O) groups excluding carboxylic acids is 1. The van der Waals surface area contributed by atoms with Crippen molar-refractivity contribution >= 4 is 23.3 Å². The third-order valence-corrected chi connectivity index (χ3v) is 1.49. The molecule has 0 spiro atoms. The van der Waals surface area contributed by atoms with Gasteiger partial charge in [-0.25, -0.2) is 4.79 Å². The molecule has 0 aromatic heterocycles. The van der Waals surface area contributed by atoms with Crippen LogP contribution in [0.3, 0.4) is 0 Å². The van der Waals surface area contributed by atoms with E-state index < -0.39 is 6.09 Å². The summed E-state index contributed by atoms with van der Waals surface area (Å²) in [5, 5.41) is 2.43. The van der Waals surface area contributed by atoms with Gasteiger partial charge in [-0.2, -0.15) is 0 Å². The van der Waals surface area contributed by atoms with Crippen molar-refractivity contribution < 1.29 is 9.53 Å². The predicted molar refractivity (Wildman–Crippen MR) is 47.7 cm³/mol. The van der Waals surface area contributed by atoms with E-state index in [2.05, 4.69) is 17.0 Å². The van der Waals surface area contributed by atoms with Crippen LogP contribution in [0.1, 0.15) is 26.2 Å². The molecule has 0 aromatic rings. The van der Waals surface area contributed by atoms with Crippen molar-refractivity contribution in [3.05, 3.63) is 0 Å². The number of amides is 1. The third kappa shape index (κ3) is 5.79. The summed E-state index contributed by atoms with van der Waals surface area (Å²) in [6, 6.07) is 0. The highest BCUT2D eigenvalue weighted by atomic mass is 32.1. The lowest BCUT2D eigenvalue weighted by molar-refractivity contribution is 0.177. The first-order valence-electron chi connectivity index (χ1n) is 3.58. The Kier molecular flexibility index (Phi) is 5.74. The number of hydrogen-bond donors (Lipinski definition) is 1. The molecule has 0 radical (unpaired) electrons. The molecule has 0 fully saturated rings. The maximum atomic E-state index is 10.6. The van der Waals surface area contributed by atoms with Crippen LogP contribution < -0.4 is 5.32 Å². The average molecular weight is 175 g/mol. The van der Waals surface area contributed by atoms with Crippen molar-refractivity contribution in [2.75, 3.05) is 7.11 Å². The van der Waals surface area contributed by atoms with Crippen LogP contribution in [0.2, 0.25) is 0 Å². The Hall–Kier alpha value is -0.640. The predicted octanol–water partition coefficient (Wildman–Crippen LogP) is 1.86. The van der Waals surface area contributed by atoms with Gasteiger partial charge in [0.1, 0.15) is 0 Å². The fraction of sp³-hybridized carbons (Fsp3) is 0.714. The Morgan fingerprint density at radius 1 is 1.64 bits per heavy atom. The number of methoxy groups -OCH3 is 1. The van der Waals surface area contributed by atoms with Crippen LogP contribution in [0.15, 0.2) is 0 Å². The molecule has 0 unspecified atom stereocenters. The monoisotopic (exact) mass is 175 g/mol. The van der Waals surface area contributed by atoms with Gasteiger partial charge >= 0.3 is 6.09 Å². The van der Waals surface area contributed by atoms with E-state index >= 15 is 0 Å². The second-order valence-electron chi connectivity index (χ2n) is 2.14. The molecule has 4 heteroatoms. The van der Waals surface area contributed by atoms with E-state index in [1.54, 1.807) is 0 Å². The number of unbranched alkanes of at least 4 members (excludes halogenated alkanes) is 1. The lowest BCUT2D eigenvalue weighted by Gasteiger charge is -2.03. The maximum Gasteiger partial charge on any atom is 0.411 e. The highest BCUT2D eigenvalue weighted by molar-refractivity contribution is 7.80. The van der Waals surface area contributed by atoms with E-state index in [9.17, 15) is 4.79 Å². The first kappa shape index (κ1) is 10.4. The van der Waals surface area contributed by atoms with Crippen molar-refractivity contribution in [1.29, 1.82) is 0 Å². The van der Waals surface area contributed by atoms with Crippen LogP contribution in [0.5, 0.6) is 0 Å². The van der Waals surface area contributed by atoms with Crippen LogP contribution in [0, 0.1) is 0 Å². The molecule has 1 N–H and O–H groups in total. The summed E-state index contributed by atoms with van der Waals surface area (Å²) < 4.78 is 4.36. The van der Waals surface area contributed by atoms with E-state index in [0.29, 0.717) is 4.99 Å².